The maximum atomic E-state index is 12.2. The normalized spacial score (nSPS) is 16.5. The van der Waals surface area contributed by atoms with E-state index in [4.69, 9.17) is 9.47 Å². The number of ether oxygens (including phenoxy) is 2. The number of hydrogen-bond donors (Lipinski definition) is 2. The Bertz CT molecular complexity index is 491. The molecule has 0 radical (unpaired) electrons. The molecule has 1 aliphatic heterocycles. The van der Waals surface area contributed by atoms with Crippen molar-refractivity contribution < 1.29 is 14.3 Å². The number of amides is 1. The second-order valence-electron chi connectivity index (χ2n) is 5.50. The molecule has 0 spiro atoms. The van der Waals surface area contributed by atoms with Crippen molar-refractivity contribution in [3.8, 4) is 11.5 Å². The lowest BCUT2D eigenvalue weighted by atomic mass is 10.2. The van der Waals surface area contributed by atoms with Gasteiger partial charge in [0.1, 0.15) is 0 Å². The number of carbonyl (C=O) groups is 1. The predicted octanol–water partition coefficient (Wildman–Crippen LogP) is 3.38. The third-order valence-electron chi connectivity index (χ3n) is 3.51. The molecular formula is C17H27ClN2O3. The van der Waals surface area contributed by atoms with Crippen molar-refractivity contribution in [1.29, 1.82) is 0 Å². The van der Waals surface area contributed by atoms with Gasteiger partial charge in [-0.15, -0.1) is 12.4 Å². The highest BCUT2D eigenvalue weighted by molar-refractivity contribution is 5.95. The number of rotatable bonds is 8. The van der Waals surface area contributed by atoms with Gasteiger partial charge in [0.2, 0.25) is 5.91 Å². The molecule has 1 aromatic carbocycles. The molecule has 1 amide bonds. The Balaban J connectivity index is 0.00000264. The minimum absolute atomic E-state index is 0. The molecule has 130 valence electrons. The molecule has 6 heteroatoms. The summed E-state index contributed by atoms with van der Waals surface area (Å²) in [6.07, 6.45) is 3.81. The highest BCUT2D eigenvalue weighted by Crippen LogP contribution is 2.31. The summed E-state index contributed by atoms with van der Waals surface area (Å²) in [6.45, 7) is 6.32. The molecule has 1 fully saturated rings. The molecule has 23 heavy (non-hydrogen) atoms. The van der Waals surface area contributed by atoms with Crippen molar-refractivity contribution >= 4 is 24.0 Å². The highest BCUT2D eigenvalue weighted by atomic mass is 35.5. The first-order valence-corrected chi connectivity index (χ1v) is 8.18. The fourth-order valence-corrected chi connectivity index (χ4v) is 2.38. The number of carbonyl (C=O) groups excluding carboxylic acids is 1. The summed E-state index contributed by atoms with van der Waals surface area (Å²) in [5.74, 6) is 1.43. The lowest BCUT2D eigenvalue weighted by Gasteiger charge is -2.15. The van der Waals surface area contributed by atoms with Crippen molar-refractivity contribution in [3.63, 3.8) is 0 Å². The molecule has 1 aromatic rings. The Hall–Kier alpha value is -1.46. The van der Waals surface area contributed by atoms with E-state index in [1.807, 2.05) is 18.2 Å². The average Bonchev–Trinajstić information content (AvgIpc) is 3.06. The lowest BCUT2D eigenvalue weighted by Crippen LogP contribution is -2.35. The van der Waals surface area contributed by atoms with Crippen LogP contribution in [-0.2, 0) is 4.79 Å². The molecule has 0 aliphatic carbocycles. The van der Waals surface area contributed by atoms with E-state index < -0.39 is 0 Å². The number of nitrogens with one attached hydrogen (secondary N) is 2. The van der Waals surface area contributed by atoms with Crippen LogP contribution in [0.4, 0.5) is 5.69 Å². The van der Waals surface area contributed by atoms with Gasteiger partial charge in [-0.05, 0) is 44.4 Å². The molecule has 1 aliphatic rings. The molecular weight excluding hydrogens is 316 g/mol. The smallest absolute Gasteiger partial charge is 0.241 e. The zero-order valence-corrected chi connectivity index (χ0v) is 14.7. The quantitative estimate of drug-likeness (QED) is 0.760. The van der Waals surface area contributed by atoms with Crippen LogP contribution in [0.2, 0.25) is 0 Å². The lowest BCUT2D eigenvalue weighted by molar-refractivity contribution is -0.117. The molecule has 0 aromatic heterocycles. The third kappa shape index (κ3) is 5.92. The third-order valence-corrected chi connectivity index (χ3v) is 3.51. The summed E-state index contributed by atoms with van der Waals surface area (Å²) in [6, 6.07) is 5.47. The fourth-order valence-electron chi connectivity index (χ4n) is 2.38. The van der Waals surface area contributed by atoms with E-state index >= 15 is 0 Å². The van der Waals surface area contributed by atoms with Crippen molar-refractivity contribution in [3.05, 3.63) is 18.2 Å². The zero-order chi connectivity index (χ0) is 15.8. The maximum Gasteiger partial charge on any atom is 0.241 e. The highest BCUT2D eigenvalue weighted by Gasteiger charge is 2.22. The van der Waals surface area contributed by atoms with Crippen LogP contribution in [0, 0.1) is 0 Å². The molecule has 5 nitrogen and oxygen atoms in total. The summed E-state index contributed by atoms with van der Waals surface area (Å²) in [4.78, 5) is 12.2. The van der Waals surface area contributed by atoms with Gasteiger partial charge in [0.25, 0.3) is 0 Å². The van der Waals surface area contributed by atoms with E-state index in [1.165, 1.54) is 0 Å². The first-order valence-electron chi connectivity index (χ1n) is 8.18. The number of anilines is 1. The summed E-state index contributed by atoms with van der Waals surface area (Å²) < 4.78 is 11.4. The second-order valence-corrected chi connectivity index (χ2v) is 5.50. The number of halogens is 1. The number of hydrogen-bond acceptors (Lipinski definition) is 4. The summed E-state index contributed by atoms with van der Waals surface area (Å²) >= 11 is 0. The van der Waals surface area contributed by atoms with E-state index in [0.29, 0.717) is 19.0 Å². The SMILES string of the molecule is CCCOc1ccc(NC(=O)C2CCCN2)cc1OCCC.Cl. The Kier molecular flexibility index (Phi) is 8.81. The van der Waals surface area contributed by atoms with Crippen LogP contribution in [0.1, 0.15) is 39.5 Å². The molecule has 1 heterocycles. The molecule has 1 atom stereocenters. The van der Waals surface area contributed by atoms with E-state index in [0.717, 1.165) is 43.7 Å². The standard InChI is InChI=1S/C17H26N2O3.ClH/c1-3-10-21-15-8-7-13(12-16(15)22-11-4-2)19-17(20)14-6-5-9-18-14;/h7-8,12,14,18H,3-6,9-11H2,1-2H3,(H,19,20);1H. The van der Waals surface area contributed by atoms with Gasteiger partial charge in [-0.1, -0.05) is 13.8 Å². The van der Waals surface area contributed by atoms with Gasteiger partial charge in [-0.2, -0.15) is 0 Å². The Morgan fingerprint density at radius 1 is 1.22 bits per heavy atom. The van der Waals surface area contributed by atoms with E-state index in [9.17, 15) is 4.79 Å². The van der Waals surface area contributed by atoms with E-state index in [1.54, 1.807) is 0 Å². The van der Waals surface area contributed by atoms with E-state index in [-0.39, 0.29) is 24.4 Å². The molecule has 0 bridgehead atoms. The van der Waals surface area contributed by atoms with Crippen molar-refractivity contribution in [1.82, 2.24) is 5.32 Å². The van der Waals surface area contributed by atoms with Gasteiger partial charge >= 0.3 is 0 Å². The minimum atomic E-state index is -0.0870. The molecule has 2 N–H and O–H groups in total. The van der Waals surface area contributed by atoms with Crippen molar-refractivity contribution in [2.75, 3.05) is 25.1 Å². The molecule has 2 rings (SSSR count). The van der Waals surface area contributed by atoms with Crippen LogP contribution in [0.5, 0.6) is 11.5 Å². The van der Waals surface area contributed by atoms with Gasteiger partial charge in [0.05, 0.1) is 19.3 Å². The second kappa shape index (κ2) is 10.3. The van der Waals surface area contributed by atoms with Crippen LogP contribution in [0.3, 0.4) is 0 Å². The summed E-state index contributed by atoms with van der Waals surface area (Å²) in [7, 11) is 0. The largest absolute Gasteiger partial charge is 0.490 e. The Morgan fingerprint density at radius 3 is 2.52 bits per heavy atom. The first kappa shape index (κ1) is 19.6. The summed E-state index contributed by atoms with van der Waals surface area (Å²) in [5.41, 5.74) is 0.744. The van der Waals surface area contributed by atoms with Gasteiger partial charge < -0.3 is 20.1 Å². The van der Waals surface area contributed by atoms with Crippen LogP contribution < -0.4 is 20.1 Å². The van der Waals surface area contributed by atoms with Gasteiger partial charge in [-0.25, -0.2) is 0 Å². The predicted molar refractivity (Wildman–Crippen MR) is 94.9 cm³/mol. The van der Waals surface area contributed by atoms with Gasteiger partial charge in [-0.3, -0.25) is 4.79 Å². The fraction of sp³-hybridized carbons (Fsp3) is 0.588. The van der Waals surface area contributed by atoms with E-state index in [2.05, 4.69) is 24.5 Å². The van der Waals surface area contributed by atoms with Crippen molar-refractivity contribution in [2.45, 2.75) is 45.6 Å². The first-order chi connectivity index (χ1) is 10.7. The summed E-state index contributed by atoms with van der Waals surface area (Å²) in [5, 5.41) is 6.14. The minimum Gasteiger partial charge on any atom is -0.490 e. The zero-order valence-electron chi connectivity index (χ0n) is 13.9. The Labute approximate surface area is 144 Å². The molecule has 1 unspecified atom stereocenters. The van der Waals surface area contributed by atoms with Gasteiger partial charge in [0.15, 0.2) is 11.5 Å². The number of benzene rings is 1. The van der Waals surface area contributed by atoms with Crippen LogP contribution >= 0.6 is 12.4 Å². The van der Waals surface area contributed by atoms with Gasteiger partial charge in [0, 0.05) is 11.8 Å². The van der Waals surface area contributed by atoms with Crippen molar-refractivity contribution in [2.24, 2.45) is 0 Å². The topological polar surface area (TPSA) is 59.6 Å². The molecule has 0 saturated carbocycles. The Morgan fingerprint density at radius 2 is 1.91 bits per heavy atom. The monoisotopic (exact) mass is 342 g/mol. The van der Waals surface area contributed by atoms with Crippen LogP contribution in [-0.4, -0.2) is 31.7 Å². The maximum absolute atomic E-state index is 12.2. The van der Waals surface area contributed by atoms with Crippen LogP contribution in [0.25, 0.3) is 0 Å². The van der Waals surface area contributed by atoms with Crippen LogP contribution in [0.15, 0.2) is 18.2 Å². The molecule has 1 saturated heterocycles. The average molecular weight is 343 g/mol.